The zero-order valence-electron chi connectivity index (χ0n) is 20.2. The molecule has 0 aliphatic carbocycles. The third-order valence-corrected chi connectivity index (χ3v) is 7.66. The van der Waals surface area contributed by atoms with Gasteiger partial charge >= 0.3 is 0 Å². The zero-order chi connectivity index (χ0) is 25.4. The van der Waals surface area contributed by atoms with Crippen LogP contribution in [0.4, 0.5) is 10.1 Å². The third kappa shape index (κ3) is 3.22. The fourth-order valence-corrected chi connectivity index (χ4v) is 6.24. The first-order valence-electron chi connectivity index (χ1n) is 12.1. The molecule has 2 fully saturated rings. The molecule has 0 bridgehead atoms. The minimum absolute atomic E-state index is 0.0381. The van der Waals surface area contributed by atoms with Crippen LogP contribution >= 0.6 is 0 Å². The number of ketones is 1. The van der Waals surface area contributed by atoms with Crippen molar-refractivity contribution in [2.24, 2.45) is 12.5 Å². The lowest BCUT2D eigenvalue weighted by atomic mass is 9.63. The summed E-state index contributed by atoms with van der Waals surface area (Å²) in [5.74, 6) is -2.31. The number of nitrogens with zero attached hydrogens (tertiary/aromatic N) is 4. The summed E-state index contributed by atoms with van der Waals surface area (Å²) in [5, 5.41) is 11.2. The lowest BCUT2D eigenvalue weighted by molar-refractivity contribution is -0.158. The van der Waals surface area contributed by atoms with Gasteiger partial charge in [-0.3, -0.25) is 24.4 Å². The molecule has 2 amide bonds. The molecule has 0 radical (unpaired) electrons. The summed E-state index contributed by atoms with van der Waals surface area (Å²) in [5.41, 5.74) is 0.900. The molecular formula is C25H26FN5O5. The maximum absolute atomic E-state index is 16.1. The predicted molar refractivity (Wildman–Crippen MR) is 125 cm³/mol. The second-order valence-corrected chi connectivity index (χ2v) is 10.1. The smallest absolute Gasteiger partial charge is 0.242 e. The number of carbonyl (C=O) groups is 3. The van der Waals surface area contributed by atoms with E-state index in [1.165, 1.54) is 0 Å². The quantitative estimate of drug-likeness (QED) is 0.430. The molecule has 10 nitrogen and oxygen atoms in total. The number of aryl methyl sites for hydroxylation is 3. The molecule has 1 spiro atoms. The molecule has 2 saturated heterocycles. The van der Waals surface area contributed by atoms with Gasteiger partial charge in [0.2, 0.25) is 17.4 Å². The van der Waals surface area contributed by atoms with E-state index in [-0.39, 0.29) is 24.7 Å². The monoisotopic (exact) mass is 495 g/mol. The van der Waals surface area contributed by atoms with Gasteiger partial charge in [0, 0.05) is 25.2 Å². The van der Waals surface area contributed by atoms with Gasteiger partial charge < -0.3 is 14.2 Å². The number of imide groups is 1. The van der Waals surface area contributed by atoms with Gasteiger partial charge in [0.15, 0.2) is 11.6 Å². The molecule has 36 heavy (non-hydrogen) atoms. The standard InChI is InChI=1S/C25H26FN5O5/c1-12-10-31-21-15(8-25(23(31)13(2)35-12)18(32)7-19(33)28-24(25)34)6-16-17(29-36-22(16)20(21)26)5-4-14-9-27-30(3)11-14/h6,9,11-13,23H,4-5,7-8,10H2,1-3H3,(H,28,33,34)/t12-,13+,23-,25?/m1/s1. The maximum atomic E-state index is 16.1. The molecule has 11 heteroatoms. The SMILES string of the molecule is C[C@@H]1CN2c3c(cc4c(CCc5cnn(C)c5)noc4c3F)CC3(C(=O)CC(=O)NC3=O)[C@H]2[C@H](C)O1. The number of benzene rings is 1. The molecule has 188 valence electrons. The number of piperidine rings is 1. The molecule has 5 heterocycles. The lowest BCUT2D eigenvalue weighted by Gasteiger charge is -2.55. The number of Topliss-reactive ketones (excluding diaryl/α,β-unsaturated/α-hetero) is 1. The second-order valence-electron chi connectivity index (χ2n) is 10.1. The lowest BCUT2D eigenvalue weighted by Crippen LogP contribution is -2.72. The summed E-state index contributed by atoms with van der Waals surface area (Å²) in [6.45, 7) is 3.92. The topological polar surface area (TPSA) is 120 Å². The summed E-state index contributed by atoms with van der Waals surface area (Å²) in [6, 6.07) is 1.02. The first-order chi connectivity index (χ1) is 17.2. The van der Waals surface area contributed by atoms with Gasteiger partial charge in [0.25, 0.3) is 0 Å². The summed E-state index contributed by atoms with van der Waals surface area (Å²) in [6.07, 6.45) is 3.57. The molecule has 2 aromatic heterocycles. The van der Waals surface area contributed by atoms with Crippen molar-refractivity contribution in [2.75, 3.05) is 11.4 Å². The number of halogens is 1. The number of hydrogen-bond donors (Lipinski definition) is 1. The van der Waals surface area contributed by atoms with Gasteiger partial charge in [0.1, 0.15) is 5.41 Å². The van der Waals surface area contributed by atoms with Gasteiger partial charge in [-0.2, -0.15) is 5.10 Å². The van der Waals surface area contributed by atoms with E-state index in [1.807, 2.05) is 20.2 Å². The van der Waals surface area contributed by atoms with E-state index in [4.69, 9.17) is 9.26 Å². The summed E-state index contributed by atoms with van der Waals surface area (Å²) in [4.78, 5) is 40.5. The number of amides is 2. The van der Waals surface area contributed by atoms with Crippen LogP contribution < -0.4 is 10.2 Å². The van der Waals surface area contributed by atoms with E-state index >= 15 is 4.39 Å². The van der Waals surface area contributed by atoms with Gasteiger partial charge in [-0.05, 0) is 50.3 Å². The largest absolute Gasteiger partial charge is 0.372 e. The molecule has 3 aliphatic rings. The Labute approximate surface area is 205 Å². The number of fused-ring (bicyclic) bond motifs is 5. The number of aromatic nitrogens is 3. The molecule has 1 aromatic carbocycles. The molecule has 1 unspecified atom stereocenters. The molecule has 3 aromatic rings. The number of morpholine rings is 1. The van der Waals surface area contributed by atoms with Gasteiger partial charge in [-0.15, -0.1) is 0 Å². The van der Waals surface area contributed by atoms with Crippen LogP contribution in [0.5, 0.6) is 0 Å². The first-order valence-corrected chi connectivity index (χ1v) is 12.1. The van der Waals surface area contributed by atoms with Crippen LogP contribution in [0.25, 0.3) is 11.0 Å². The van der Waals surface area contributed by atoms with E-state index < -0.39 is 47.4 Å². The molecule has 6 rings (SSSR count). The van der Waals surface area contributed by atoms with Crippen LogP contribution in [0.3, 0.4) is 0 Å². The van der Waals surface area contributed by atoms with Crippen LogP contribution in [-0.4, -0.2) is 57.3 Å². The molecule has 4 atom stereocenters. The van der Waals surface area contributed by atoms with Crippen molar-refractivity contribution < 1.29 is 28.0 Å². The summed E-state index contributed by atoms with van der Waals surface area (Å²) < 4.78 is 29.3. The van der Waals surface area contributed by atoms with E-state index in [2.05, 4.69) is 15.6 Å². The van der Waals surface area contributed by atoms with Crippen molar-refractivity contribution in [3.05, 3.63) is 41.1 Å². The first kappa shape index (κ1) is 22.8. The van der Waals surface area contributed by atoms with Gasteiger partial charge in [-0.1, -0.05) is 5.16 Å². The van der Waals surface area contributed by atoms with Gasteiger partial charge in [-0.25, -0.2) is 4.39 Å². The zero-order valence-corrected chi connectivity index (χ0v) is 20.2. The van der Waals surface area contributed by atoms with E-state index in [0.717, 1.165) is 5.56 Å². The maximum Gasteiger partial charge on any atom is 0.242 e. The second kappa shape index (κ2) is 7.95. The minimum Gasteiger partial charge on any atom is -0.372 e. The third-order valence-electron chi connectivity index (χ3n) is 7.66. The fraction of sp³-hybridized carbons (Fsp3) is 0.480. The Hall–Kier alpha value is -3.60. The Kier molecular flexibility index (Phi) is 5.05. The number of nitrogens with one attached hydrogen (secondary N) is 1. The van der Waals surface area contributed by atoms with Crippen molar-refractivity contribution in [3.8, 4) is 0 Å². The van der Waals surface area contributed by atoms with Crippen LogP contribution in [0.2, 0.25) is 0 Å². The number of anilines is 1. The van der Waals surface area contributed by atoms with Crippen molar-refractivity contribution in [1.82, 2.24) is 20.3 Å². The van der Waals surface area contributed by atoms with Crippen molar-refractivity contribution in [2.45, 2.75) is 57.8 Å². The highest BCUT2D eigenvalue weighted by Crippen LogP contribution is 2.50. The fourth-order valence-electron chi connectivity index (χ4n) is 6.24. The van der Waals surface area contributed by atoms with Crippen LogP contribution in [-0.2, 0) is 45.4 Å². The number of carbonyl (C=O) groups excluding carboxylic acids is 3. The highest BCUT2D eigenvalue weighted by Gasteiger charge is 2.62. The Bertz CT molecular complexity index is 1410. The van der Waals surface area contributed by atoms with Crippen molar-refractivity contribution >= 4 is 34.3 Å². The highest BCUT2D eigenvalue weighted by molar-refractivity contribution is 6.22. The van der Waals surface area contributed by atoms with Gasteiger partial charge in [0.05, 0.1) is 42.2 Å². The number of ether oxygens (including phenoxy) is 1. The highest BCUT2D eigenvalue weighted by atomic mass is 19.1. The summed E-state index contributed by atoms with van der Waals surface area (Å²) >= 11 is 0. The molecule has 1 N–H and O–H groups in total. The Balaban J connectivity index is 1.48. The van der Waals surface area contributed by atoms with E-state index in [0.29, 0.717) is 35.2 Å². The Morgan fingerprint density at radius 1 is 1.25 bits per heavy atom. The predicted octanol–water partition coefficient (Wildman–Crippen LogP) is 1.63. The average Bonchev–Trinajstić information content (AvgIpc) is 3.41. The van der Waals surface area contributed by atoms with Crippen LogP contribution in [0.15, 0.2) is 23.0 Å². The minimum atomic E-state index is -1.56. The number of rotatable bonds is 3. The number of hydrogen-bond acceptors (Lipinski definition) is 8. The van der Waals surface area contributed by atoms with Crippen molar-refractivity contribution in [3.63, 3.8) is 0 Å². The van der Waals surface area contributed by atoms with Crippen LogP contribution in [0.1, 0.15) is 37.1 Å². The molecule has 0 saturated carbocycles. The van der Waals surface area contributed by atoms with Crippen LogP contribution in [0, 0.1) is 11.2 Å². The molecule has 3 aliphatic heterocycles. The van der Waals surface area contributed by atoms with E-state index in [9.17, 15) is 14.4 Å². The summed E-state index contributed by atoms with van der Waals surface area (Å²) in [7, 11) is 1.84. The average molecular weight is 496 g/mol. The molecular weight excluding hydrogens is 469 g/mol. The normalized spacial score (nSPS) is 27.9. The van der Waals surface area contributed by atoms with Crippen molar-refractivity contribution in [1.29, 1.82) is 0 Å². The Morgan fingerprint density at radius 2 is 2.06 bits per heavy atom. The Morgan fingerprint density at radius 3 is 2.78 bits per heavy atom. The van der Waals surface area contributed by atoms with E-state index in [1.54, 1.807) is 28.8 Å².